The third-order valence-corrected chi connectivity index (χ3v) is 4.00. The van der Waals surface area contributed by atoms with Crippen molar-refractivity contribution in [1.82, 2.24) is 15.6 Å². The summed E-state index contributed by atoms with van der Waals surface area (Å²) >= 11 is 0. The van der Waals surface area contributed by atoms with Gasteiger partial charge in [-0.3, -0.25) is 4.99 Å². The molecule has 2 aromatic rings. The lowest BCUT2D eigenvalue weighted by Crippen LogP contribution is -2.37. The molecule has 0 saturated carbocycles. The number of pyridine rings is 1. The highest BCUT2D eigenvalue weighted by Gasteiger charge is 2.05. The SMILES string of the molecule is CN=C(NCCCCNc1ccccn1)NCc1ccc(OC)c(OC)c1.I. The lowest BCUT2D eigenvalue weighted by Gasteiger charge is -2.13. The number of aromatic nitrogens is 1. The highest BCUT2D eigenvalue weighted by molar-refractivity contribution is 14.0. The number of methoxy groups -OCH3 is 2. The number of rotatable bonds is 10. The quantitative estimate of drug-likeness (QED) is 0.202. The van der Waals surface area contributed by atoms with Gasteiger partial charge in [0.15, 0.2) is 17.5 Å². The first-order chi connectivity index (χ1) is 13.3. The molecular weight excluding hydrogens is 469 g/mol. The second-order valence-corrected chi connectivity index (χ2v) is 5.89. The molecule has 1 heterocycles. The average molecular weight is 499 g/mol. The Balaban J connectivity index is 0.00000392. The zero-order valence-electron chi connectivity index (χ0n) is 16.7. The van der Waals surface area contributed by atoms with Gasteiger partial charge in [0, 0.05) is 32.9 Å². The Kier molecular flexibility index (Phi) is 11.8. The summed E-state index contributed by atoms with van der Waals surface area (Å²) in [6.07, 6.45) is 3.88. The maximum Gasteiger partial charge on any atom is 0.191 e. The van der Waals surface area contributed by atoms with E-state index in [1.165, 1.54) is 0 Å². The topological polar surface area (TPSA) is 79.8 Å². The van der Waals surface area contributed by atoms with Gasteiger partial charge in [0.25, 0.3) is 0 Å². The van der Waals surface area contributed by atoms with Gasteiger partial charge in [-0.1, -0.05) is 12.1 Å². The molecule has 0 atom stereocenters. The predicted molar refractivity (Wildman–Crippen MR) is 125 cm³/mol. The first kappa shape index (κ1) is 23.8. The lowest BCUT2D eigenvalue weighted by molar-refractivity contribution is 0.354. The third-order valence-electron chi connectivity index (χ3n) is 4.00. The number of nitrogens with one attached hydrogen (secondary N) is 3. The van der Waals surface area contributed by atoms with Gasteiger partial charge in [-0.05, 0) is 42.7 Å². The number of nitrogens with zero attached hydrogens (tertiary/aromatic N) is 2. The fourth-order valence-electron chi connectivity index (χ4n) is 2.54. The Morgan fingerprint density at radius 2 is 1.79 bits per heavy atom. The summed E-state index contributed by atoms with van der Waals surface area (Å²) in [5.41, 5.74) is 1.09. The van der Waals surface area contributed by atoms with Crippen LogP contribution in [0.1, 0.15) is 18.4 Å². The Morgan fingerprint density at radius 1 is 1.00 bits per heavy atom. The van der Waals surface area contributed by atoms with E-state index >= 15 is 0 Å². The van der Waals surface area contributed by atoms with Crippen molar-refractivity contribution in [3.8, 4) is 11.5 Å². The summed E-state index contributed by atoms with van der Waals surface area (Å²) in [4.78, 5) is 8.50. The van der Waals surface area contributed by atoms with Crippen LogP contribution in [0.3, 0.4) is 0 Å². The summed E-state index contributed by atoms with van der Waals surface area (Å²) in [5, 5.41) is 9.94. The predicted octanol–water partition coefficient (Wildman–Crippen LogP) is 3.27. The Morgan fingerprint density at radius 3 is 2.46 bits per heavy atom. The van der Waals surface area contributed by atoms with Crippen molar-refractivity contribution in [2.45, 2.75) is 19.4 Å². The molecule has 0 spiro atoms. The molecule has 0 aliphatic carbocycles. The summed E-state index contributed by atoms with van der Waals surface area (Å²) in [7, 11) is 5.04. The van der Waals surface area contributed by atoms with Crippen LogP contribution in [0.5, 0.6) is 11.5 Å². The van der Waals surface area contributed by atoms with E-state index in [-0.39, 0.29) is 24.0 Å². The molecule has 154 valence electrons. The van der Waals surface area contributed by atoms with Crippen molar-refractivity contribution in [2.24, 2.45) is 4.99 Å². The number of hydrogen-bond acceptors (Lipinski definition) is 5. The standard InChI is InChI=1S/C20H29N5O2.HI/c1-21-20(24-13-7-6-12-23-19-8-4-5-11-22-19)25-15-16-9-10-17(26-2)18(14-16)27-3;/h4-5,8-11,14H,6-7,12-13,15H2,1-3H3,(H,22,23)(H2,21,24,25);1H. The average Bonchev–Trinajstić information content (AvgIpc) is 2.73. The smallest absolute Gasteiger partial charge is 0.191 e. The summed E-state index contributed by atoms with van der Waals surface area (Å²) in [6, 6.07) is 11.7. The minimum atomic E-state index is 0. The number of benzene rings is 1. The summed E-state index contributed by atoms with van der Waals surface area (Å²) in [6.45, 7) is 2.41. The van der Waals surface area contributed by atoms with Crippen LogP contribution in [-0.2, 0) is 6.54 Å². The number of unbranched alkanes of at least 4 members (excludes halogenated alkanes) is 1. The largest absolute Gasteiger partial charge is 0.493 e. The van der Waals surface area contributed by atoms with Crippen LogP contribution in [0.4, 0.5) is 5.82 Å². The zero-order chi connectivity index (χ0) is 19.3. The van der Waals surface area contributed by atoms with Gasteiger partial charge < -0.3 is 25.4 Å². The Bertz CT molecular complexity index is 713. The summed E-state index contributed by atoms with van der Waals surface area (Å²) < 4.78 is 10.6. The maximum atomic E-state index is 5.34. The molecule has 1 aromatic heterocycles. The molecule has 8 heteroatoms. The molecule has 0 radical (unpaired) electrons. The number of ether oxygens (including phenoxy) is 2. The van der Waals surface area contributed by atoms with Crippen LogP contribution in [0.25, 0.3) is 0 Å². The van der Waals surface area contributed by atoms with Crippen molar-refractivity contribution < 1.29 is 9.47 Å². The molecule has 0 aliphatic rings. The molecule has 0 unspecified atom stereocenters. The van der Waals surface area contributed by atoms with Crippen molar-refractivity contribution in [1.29, 1.82) is 0 Å². The van der Waals surface area contributed by atoms with E-state index in [2.05, 4.69) is 25.9 Å². The molecular formula is C20H30IN5O2. The van der Waals surface area contributed by atoms with E-state index in [1.807, 2.05) is 36.4 Å². The highest BCUT2D eigenvalue weighted by Crippen LogP contribution is 2.27. The molecule has 0 bridgehead atoms. The molecule has 3 N–H and O–H groups in total. The van der Waals surface area contributed by atoms with E-state index in [1.54, 1.807) is 27.5 Å². The van der Waals surface area contributed by atoms with Crippen LogP contribution in [-0.4, -0.2) is 45.3 Å². The van der Waals surface area contributed by atoms with Gasteiger partial charge in [-0.25, -0.2) is 4.98 Å². The second-order valence-electron chi connectivity index (χ2n) is 5.89. The van der Waals surface area contributed by atoms with Gasteiger partial charge in [0.2, 0.25) is 0 Å². The van der Waals surface area contributed by atoms with Crippen molar-refractivity contribution >= 4 is 35.8 Å². The highest BCUT2D eigenvalue weighted by atomic mass is 127. The number of hydrogen-bond donors (Lipinski definition) is 3. The zero-order valence-corrected chi connectivity index (χ0v) is 19.0. The van der Waals surface area contributed by atoms with E-state index < -0.39 is 0 Å². The van der Waals surface area contributed by atoms with E-state index in [0.717, 1.165) is 54.8 Å². The van der Waals surface area contributed by atoms with Crippen LogP contribution < -0.4 is 25.4 Å². The molecule has 0 saturated heterocycles. The van der Waals surface area contributed by atoms with Gasteiger partial charge in [0.1, 0.15) is 5.82 Å². The number of guanidine groups is 1. The van der Waals surface area contributed by atoms with Crippen LogP contribution in [0.15, 0.2) is 47.6 Å². The fraction of sp³-hybridized carbons (Fsp3) is 0.400. The molecule has 0 aliphatic heterocycles. The van der Waals surface area contributed by atoms with Gasteiger partial charge in [-0.15, -0.1) is 24.0 Å². The van der Waals surface area contributed by atoms with Gasteiger partial charge in [0.05, 0.1) is 14.2 Å². The van der Waals surface area contributed by atoms with Crippen LogP contribution in [0, 0.1) is 0 Å². The lowest BCUT2D eigenvalue weighted by atomic mass is 10.2. The second kappa shape index (κ2) is 13.9. The fourth-order valence-corrected chi connectivity index (χ4v) is 2.54. The van der Waals surface area contributed by atoms with E-state index in [0.29, 0.717) is 6.54 Å². The first-order valence-corrected chi connectivity index (χ1v) is 9.07. The minimum Gasteiger partial charge on any atom is -0.493 e. The maximum absolute atomic E-state index is 5.34. The monoisotopic (exact) mass is 499 g/mol. The van der Waals surface area contributed by atoms with Gasteiger partial charge in [-0.2, -0.15) is 0 Å². The van der Waals surface area contributed by atoms with Crippen molar-refractivity contribution in [3.63, 3.8) is 0 Å². The van der Waals surface area contributed by atoms with E-state index in [4.69, 9.17) is 9.47 Å². The molecule has 2 rings (SSSR count). The number of halogens is 1. The first-order valence-electron chi connectivity index (χ1n) is 9.07. The van der Waals surface area contributed by atoms with Crippen LogP contribution >= 0.6 is 24.0 Å². The number of anilines is 1. The Labute approximate surface area is 184 Å². The van der Waals surface area contributed by atoms with Gasteiger partial charge >= 0.3 is 0 Å². The molecule has 28 heavy (non-hydrogen) atoms. The number of aliphatic imine (C=N–C) groups is 1. The molecule has 0 amide bonds. The Hall–Kier alpha value is -2.23. The van der Waals surface area contributed by atoms with Crippen molar-refractivity contribution in [2.75, 3.05) is 39.7 Å². The molecule has 0 fully saturated rings. The summed E-state index contributed by atoms with van der Waals surface area (Å²) in [5.74, 6) is 3.14. The van der Waals surface area contributed by atoms with Crippen LogP contribution in [0.2, 0.25) is 0 Å². The van der Waals surface area contributed by atoms with Crippen molar-refractivity contribution in [3.05, 3.63) is 48.2 Å². The minimum absolute atomic E-state index is 0. The van der Waals surface area contributed by atoms with E-state index in [9.17, 15) is 0 Å². The molecule has 7 nitrogen and oxygen atoms in total. The molecule has 1 aromatic carbocycles. The third kappa shape index (κ3) is 8.20. The normalized spacial score (nSPS) is 10.6.